The molecule has 5 heteroatoms. The lowest BCUT2D eigenvalue weighted by Crippen LogP contribution is -2.01. The van der Waals surface area contributed by atoms with Gasteiger partial charge in [0.05, 0.1) is 13.3 Å². The first-order chi connectivity index (χ1) is 9.11. The van der Waals surface area contributed by atoms with Gasteiger partial charge in [-0.05, 0) is 17.7 Å². The molecule has 0 saturated carbocycles. The van der Waals surface area contributed by atoms with Gasteiger partial charge in [0.1, 0.15) is 11.9 Å². The van der Waals surface area contributed by atoms with Gasteiger partial charge in [0, 0.05) is 17.3 Å². The zero-order chi connectivity index (χ0) is 13.8. The van der Waals surface area contributed by atoms with Crippen LogP contribution in [0.5, 0.6) is 5.75 Å². The minimum absolute atomic E-state index is 0.118. The van der Waals surface area contributed by atoms with Crippen molar-refractivity contribution >= 4 is 0 Å². The molecule has 0 fully saturated rings. The quantitative estimate of drug-likeness (QED) is 0.923. The second-order valence-electron chi connectivity index (χ2n) is 4.03. The summed E-state index contributed by atoms with van der Waals surface area (Å²) in [6.45, 7) is 0. The first-order valence-electron chi connectivity index (χ1n) is 5.67. The number of methoxy groups -OCH3 is 1. The van der Waals surface area contributed by atoms with Gasteiger partial charge in [-0.3, -0.25) is 4.98 Å². The molecule has 3 nitrogen and oxygen atoms in total. The minimum Gasteiger partial charge on any atom is -0.495 e. The molecule has 2 rings (SSSR count). The van der Waals surface area contributed by atoms with E-state index in [9.17, 15) is 13.9 Å². The fourth-order valence-corrected chi connectivity index (χ4v) is 1.75. The topological polar surface area (TPSA) is 42.4 Å². The lowest BCUT2D eigenvalue weighted by atomic mass is 10.0. The third-order valence-corrected chi connectivity index (χ3v) is 2.76. The molecule has 19 heavy (non-hydrogen) atoms. The van der Waals surface area contributed by atoms with Crippen LogP contribution in [0.4, 0.5) is 8.78 Å². The molecule has 0 amide bonds. The van der Waals surface area contributed by atoms with Crippen molar-refractivity contribution < 1.29 is 18.6 Å². The highest BCUT2D eigenvalue weighted by Gasteiger charge is 2.14. The second kappa shape index (κ2) is 5.75. The SMILES string of the molecule is COc1cncc(C(O)c2cccc(C(F)F)c2)c1. The average Bonchev–Trinajstić information content (AvgIpc) is 2.46. The van der Waals surface area contributed by atoms with Crippen molar-refractivity contribution in [2.24, 2.45) is 0 Å². The Morgan fingerprint density at radius 1 is 1.11 bits per heavy atom. The van der Waals surface area contributed by atoms with Crippen LogP contribution in [0, 0.1) is 0 Å². The molecule has 0 aliphatic rings. The summed E-state index contributed by atoms with van der Waals surface area (Å²) in [5.41, 5.74) is 0.769. The highest BCUT2D eigenvalue weighted by atomic mass is 19.3. The number of aliphatic hydroxyl groups excluding tert-OH is 1. The largest absolute Gasteiger partial charge is 0.495 e. The molecule has 1 atom stereocenters. The number of ether oxygens (including phenoxy) is 1. The highest BCUT2D eigenvalue weighted by Crippen LogP contribution is 2.27. The third-order valence-electron chi connectivity index (χ3n) is 2.76. The van der Waals surface area contributed by atoms with Crippen molar-refractivity contribution in [3.8, 4) is 5.75 Å². The first kappa shape index (κ1) is 13.4. The van der Waals surface area contributed by atoms with Gasteiger partial charge in [0.25, 0.3) is 6.43 Å². The van der Waals surface area contributed by atoms with Crippen molar-refractivity contribution in [1.82, 2.24) is 4.98 Å². The van der Waals surface area contributed by atoms with E-state index in [0.717, 1.165) is 0 Å². The highest BCUT2D eigenvalue weighted by molar-refractivity contribution is 5.34. The van der Waals surface area contributed by atoms with Crippen molar-refractivity contribution in [2.45, 2.75) is 12.5 Å². The van der Waals surface area contributed by atoms with Crippen LogP contribution in [-0.4, -0.2) is 17.2 Å². The zero-order valence-corrected chi connectivity index (χ0v) is 10.3. The number of aliphatic hydroxyl groups is 1. The number of hydrogen-bond donors (Lipinski definition) is 1. The van der Waals surface area contributed by atoms with Crippen molar-refractivity contribution in [3.63, 3.8) is 0 Å². The summed E-state index contributed by atoms with van der Waals surface area (Å²) in [7, 11) is 1.49. The number of benzene rings is 1. The maximum Gasteiger partial charge on any atom is 0.263 e. The second-order valence-corrected chi connectivity index (χ2v) is 4.03. The van der Waals surface area contributed by atoms with E-state index in [4.69, 9.17) is 4.74 Å². The Labute approximate surface area is 109 Å². The fraction of sp³-hybridized carbons (Fsp3) is 0.214. The van der Waals surface area contributed by atoms with Crippen molar-refractivity contribution in [1.29, 1.82) is 0 Å². The lowest BCUT2D eigenvalue weighted by Gasteiger charge is -2.13. The number of hydrogen-bond acceptors (Lipinski definition) is 3. The summed E-state index contributed by atoms with van der Waals surface area (Å²) < 4.78 is 30.2. The van der Waals surface area contributed by atoms with Gasteiger partial charge in [0.15, 0.2) is 0 Å². The predicted molar refractivity (Wildman–Crippen MR) is 66.2 cm³/mol. The minimum atomic E-state index is -2.56. The number of nitrogens with zero attached hydrogens (tertiary/aromatic N) is 1. The van der Waals surface area contributed by atoms with Crippen LogP contribution < -0.4 is 4.74 Å². The van der Waals surface area contributed by atoms with Crippen molar-refractivity contribution in [3.05, 3.63) is 59.4 Å². The Bertz CT molecular complexity index is 561. The average molecular weight is 265 g/mol. The monoisotopic (exact) mass is 265 g/mol. The molecule has 1 aromatic heterocycles. The smallest absolute Gasteiger partial charge is 0.263 e. The number of rotatable bonds is 4. The van der Waals surface area contributed by atoms with E-state index in [-0.39, 0.29) is 5.56 Å². The normalized spacial score (nSPS) is 12.5. The Kier molecular flexibility index (Phi) is 4.06. The van der Waals surface area contributed by atoms with E-state index >= 15 is 0 Å². The Morgan fingerprint density at radius 2 is 1.84 bits per heavy atom. The molecule has 1 heterocycles. The predicted octanol–water partition coefficient (Wildman–Crippen LogP) is 3.11. The summed E-state index contributed by atoms with van der Waals surface area (Å²) in [5.74, 6) is 0.501. The molecule has 1 aromatic carbocycles. The van der Waals surface area contributed by atoms with Crippen LogP contribution >= 0.6 is 0 Å². The third kappa shape index (κ3) is 3.06. The Hall–Kier alpha value is -2.01. The van der Waals surface area contributed by atoms with Gasteiger partial charge in [-0.15, -0.1) is 0 Å². The van der Waals surface area contributed by atoms with Crippen LogP contribution in [-0.2, 0) is 0 Å². The molecular formula is C14H13F2NO2. The van der Waals surface area contributed by atoms with E-state index in [0.29, 0.717) is 16.9 Å². The molecular weight excluding hydrogens is 252 g/mol. The standard InChI is InChI=1S/C14H13F2NO2/c1-19-12-6-11(7-17-8-12)13(18)9-3-2-4-10(5-9)14(15)16/h2-8,13-14,18H,1H3. The van der Waals surface area contributed by atoms with E-state index < -0.39 is 12.5 Å². The van der Waals surface area contributed by atoms with Crippen LogP contribution in [0.15, 0.2) is 42.7 Å². The summed E-state index contributed by atoms with van der Waals surface area (Å²) in [6.07, 6.45) is -0.592. The van der Waals surface area contributed by atoms with Crippen LogP contribution in [0.25, 0.3) is 0 Å². The molecule has 0 saturated heterocycles. The van der Waals surface area contributed by atoms with Crippen molar-refractivity contribution in [2.75, 3.05) is 7.11 Å². The van der Waals surface area contributed by atoms with Crippen LogP contribution in [0.1, 0.15) is 29.2 Å². The van der Waals surface area contributed by atoms with Gasteiger partial charge in [-0.25, -0.2) is 8.78 Å². The fourth-order valence-electron chi connectivity index (χ4n) is 1.75. The summed E-state index contributed by atoms with van der Waals surface area (Å²) in [4.78, 5) is 3.93. The molecule has 2 aromatic rings. The molecule has 1 unspecified atom stereocenters. The van der Waals surface area contributed by atoms with Gasteiger partial charge >= 0.3 is 0 Å². The van der Waals surface area contributed by atoms with Gasteiger partial charge in [0.2, 0.25) is 0 Å². The summed E-state index contributed by atoms with van der Waals surface area (Å²) >= 11 is 0. The molecule has 0 aliphatic carbocycles. The maximum atomic E-state index is 12.6. The number of alkyl halides is 2. The van der Waals surface area contributed by atoms with Gasteiger partial charge in [-0.2, -0.15) is 0 Å². The number of pyridine rings is 1. The Balaban J connectivity index is 2.32. The molecule has 100 valence electrons. The first-order valence-corrected chi connectivity index (χ1v) is 5.67. The van der Waals surface area contributed by atoms with E-state index in [1.165, 1.54) is 37.7 Å². The van der Waals surface area contributed by atoms with Gasteiger partial charge < -0.3 is 9.84 Å². The number of halogens is 2. The summed E-state index contributed by atoms with van der Waals surface area (Å²) in [6, 6.07) is 7.32. The van der Waals surface area contributed by atoms with Gasteiger partial charge in [-0.1, -0.05) is 18.2 Å². The number of aromatic nitrogens is 1. The molecule has 1 N–H and O–H groups in total. The molecule has 0 aliphatic heterocycles. The van der Waals surface area contributed by atoms with Crippen LogP contribution in [0.3, 0.4) is 0 Å². The van der Waals surface area contributed by atoms with Crippen LogP contribution in [0.2, 0.25) is 0 Å². The Morgan fingerprint density at radius 3 is 2.53 bits per heavy atom. The molecule has 0 bridgehead atoms. The summed E-state index contributed by atoms with van der Waals surface area (Å²) in [5, 5.41) is 10.2. The van der Waals surface area contributed by atoms with E-state index in [1.807, 2.05) is 0 Å². The molecule has 0 radical (unpaired) electrons. The zero-order valence-electron chi connectivity index (χ0n) is 10.3. The van der Waals surface area contributed by atoms with E-state index in [1.54, 1.807) is 12.1 Å². The molecule has 0 spiro atoms. The van der Waals surface area contributed by atoms with E-state index in [2.05, 4.69) is 4.98 Å². The lowest BCUT2D eigenvalue weighted by molar-refractivity contribution is 0.150. The maximum absolute atomic E-state index is 12.6.